The number of esters is 1. The van der Waals surface area contributed by atoms with Gasteiger partial charge >= 0.3 is 5.97 Å². The van der Waals surface area contributed by atoms with Crippen LogP contribution in [0.2, 0.25) is 0 Å². The molecule has 1 aromatic heterocycles. The number of hydrogen-bond acceptors (Lipinski definition) is 5. The van der Waals surface area contributed by atoms with Gasteiger partial charge in [-0.15, -0.1) is 0 Å². The molecule has 0 aliphatic carbocycles. The van der Waals surface area contributed by atoms with Crippen molar-refractivity contribution in [2.75, 3.05) is 12.9 Å². The molecule has 0 amide bonds. The maximum absolute atomic E-state index is 11.5. The van der Waals surface area contributed by atoms with Crippen molar-refractivity contribution >= 4 is 15.8 Å². The molecule has 0 fully saturated rings. The van der Waals surface area contributed by atoms with E-state index in [-0.39, 0.29) is 4.90 Å². The second-order valence-electron chi connectivity index (χ2n) is 2.52. The lowest BCUT2D eigenvalue weighted by molar-refractivity contribution is -0.137. The van der Waals surface area contributed by atoms with E-state index in [1.807, 2.05) is 0 Å². The van der Waals surface area contributed by atoms with E-state index in [0.717, 1.165) is 7.11 Å². The number of hydrogen-bond donors (Lipinski definition) is 0. The summed E-state index contributed by atoms with van der Waals surface area (Å²) in [7, 11) is -2.47. The number of rotatable bonds is 3. The third kappa shape index (κ3) is 2.53. The van der Waals surface area contributed by atoms with Crippen LogP contribution in [0.25, 0.3) is 0 Å². The topological polar surface area (TPSA) is 73.3 Å². The summed E-state index contributed by atoms with van der Waals surface area (Å²) in [5.74, 6) is -1.44. The number of aromatic nitrogens is 1. The standard InChI is InChI=1S/C8H9NO4S/c1-13-8(10)6-14(11,12)7-3-2-4-9-5-7/h2-5H,6H2,1H3. The zero-order valence-electron chi connectivity index (χ0n) is 7.50. The van der Waals surface area contributed by atoms with Crippen molar-refractivity contribution in [2.24, 2.45) is 0 Å². The fourth-order valence-electron chi connectivity index (χ4n) is 0.828. The summed E-state index contributed by atoms with van der Waals surface area (Å²) >= 11 is 0. The molecule has 0 radical (unpaired) electrons. The summed E-state index contributed by atoms with van der Waals surface area (Å²) in [6, 6.07) is 2.87. The fraction of sp³-hybridized carbons (Fsp3) is 0.250. The lowest BCUT2D eigenvalue weighted by atomic mass is 10.5. The van der Waals surface area contributed by atoms with Gasteiger partial charge in [-0.05, 0) is 12.1 Å². The molecule has 0 saturated heterocycles. The summed E-state index contributed by atoms with van der Waals surface area (Å²) < 4.78 is 27.2. The third-order valence-corrected chi connectivity index (χ3v) is 3.10. The van der Waals surface area contributed by atoms with Gasteiger partial charge in [0.1, 0.15) is 0 Å². The van der Waals surface area contributed by atoms with Gasteiger partial charge in [-0.1, -0.05) is 0 Å². The molecule has 76 valence electrons. The molecule has 0 bridgehead atoms. The van der Waals surface area contributed by atoms with Gasteiger partial charge in [-0.25, -0.2) is 8.42 Å². The Labute approximate surface area is 81.6 Å². The number of sulfone groups is 1. The quantitative estimate of drug-likeness (QED) is 0.665. The van der Waals surface area contributed by atoms with E-state index in [0.29, 0.717) is 0 Å². The van der Waals surface area contributed by atoms with E-state index in [1.165, 1.54) is 24.5 Å². The van der Waals surface area contributed by atoms with Crippen molar-refractivity contribution < 1.29 is 17.9 Å². The zero-order chi connectivity index (χ0) is 10.6. The van der Waals surface area contributed by atoms with E-state index >= 15 is 0 Å². The monoisotopic (exact) mass is 215 g/mol. The fourth-order valence-corrected chi connectivity index (χ4v) is 1.93. The van der Waals surface area contributed by atoms with E-state index in [2.05, 4.69) is 9.72 Å². The Morgan fingerprint density at radius 1 is 1.57 bits per heavy atom. The number of carbonyl (C=O) groups is 1. The molecule has 5 nitrogen and oxygen atoms in total. The molecule has 1 rings (SSSR count). The first-order valence-electron chi connectivity index (χ1n) is 3.76. The predicted octanol–water partition coefficient (Wildman–Crippen LogP) is 0.0283. The van der Waals surface area contributed by atoms with Gasteiger partial charge < -0.3 is 4.74 Å². The second kappa shape index (κ2) is 4.19. The average Bonchev–Trinajstić information content (AvgIpc) is 2.18. The van der Waals surface area contributed by atoms with Crippen LogP contribution in [0.15, 0.2) is 29.4 Å². The molecule has 0 aliphatic rings. The maximum Gasteiger partial charge on any atom is 0.321 e. The number of carbonyl (C=O) groups excluding carboxylic acids is 1. The van der Waals surface area contributed by atoms with Crippen LogP contribution in [0.5, 0.6) is 0 Å². The highest BCUT2D eigenvalue weighted by Gasteiger charge is 2.19. The van der Waals surface area contributed by atoms with Crippen LogP contribution in [-0.2, 0) is 19.4 Å². The number of methoxy groups -OCH3 is 1. The van der Waals surface area contributed by atoms with Gasteiger partial charge in [0, 0.05) is 12.4 Å². The molecule has 6 heteroatoms. The lowest BCUT2D eigenvalue weighted by Crippen LogP contribution is -2.17. The van der Waals surface area contributed by atoms with Crippen LogP contribution in [0.4, 0.5) is 0 Å². The number of nitrogens with zero attached hydrogens (tertiary/aromatic N) is 1. The molecule has 0 spiro atoms. The maximum atomic E-state index is 11.5. The molecule has 1 aromatic rings. The summed E-state index contributed by atoms with van der Waals surface area (Å²) in [4.78, 5) is 14.5. The van der Waals surface area contributed by atoms with Gasteiger partial charge in [0.05, 0.1) is 12.0 Å². The van der Waals surface area contributed by atoms with Crippen LogP contribution < -0.4 is 0 Å². The molecule has 0 unspecified atom stereocenters. The predicted molar refractivity (Wildman–Crippen MR) is 48.3 cm³/mol. The minimum absolute atomic E-state index is 0.0189. The van der Waals surface area contributed by atoms with Crippen molar-refractivity contribution in [3.05, 3.63) is 24.5 Å². The van der Waals surface area contributed by atoms with Crippen LogP contribution in [0, 0.1) is 0 Å². The Kier molecular flexibility index (Phi) is 3.19. The van der Waals surface area contributed by atoms with Gasteiger partial charge in [-0.3, -0.25) is 9.78 Å². The molecule has 1 heterocycles. The van der Waals surface area contributed by atoms with Crippen LogP contribution in [0.1, 0.15) is 0 Å². The van der Waals surface area contributed by atoms with Gasteiger partial charge in [0.25, 0.3) is 0 Å². The highest BCUT2D eigenvalue weighted by molar-refractivity contribution is 7.92. The van der Waals surface area contributed by atoms with Crippen molar-refractivity contribution in [1.82, 2.24) is 4.98 Å². The first-order valence-corrected chi connectivity index (χ1v) is 5.41. The van der Waals surface area contributed by atoms with E-state index in [4.69, 9.17) is 0 Å². The Morgan fingerprint density at radius 2 is 2.29 bits per heavy atom. The summed E-state index contributed by atoms with van der Waals surface area (Å²) in [6.07, 6.45) is 2.65. The Balaban J connectivity index is 2.93. The highest BCUT2D eigenvalue weighted by atomic mass is 32.2. The summed E-state index contributed by atoms with van der Waals surface area (Å²) in [6.45, 7) is 0. The van der Waals surface area contributed by atoms with Crippen LogP contribution in [0.3, 0.4) is 0 Å². The van der Waals surface area contributed by atoms with Crippen molar-refractivity contribution in [2.45, 2.75) is 4.90 Å². The van der Waals surface area contributed by atoms with Crippen molar-refractivity contribution in [3.8, 4) is 0 Å². The Morgan fingerprint density at radius 3 is 2.79 bits per heavy atom. The van der Waals surface area contributed by atoms with Gasteiger partial charge in [0.15, 0.2) is 15.6 Å². The minimum Gasteiger partial charge on any atom is -0.468 e. The van der Waals surface area contributed by atoms with E-state index in [9.17, 15) is 13.2 Å². The van der Waals surface area contributed by atoms with E-state index in [1.54, 1.807) is 0 Å². The molecular formula is C8H9NO4S. The Hall–Kier alpha value is -1.43. The molecule has 14 heavy (non-hydrogen) atoms. The largest absolute Gasteiger partial charge is 0.468 e. The first-order chi connectivity index (χ1) is 6.56. The van der Waals surface area contributed by atoms with Crippen LogP contribution >= 0.6 is 0 Å². The summed E-state index contributed by atoms with van der Waals surface area (Å²) in [5, 5.41) is 0. The summed E-state index contributed by atoms with van der Waals surface area (Å²) in [5.41, 5.74) is 0. The number of pyridine rings is 1. The molecule has 0 aromatic carbocycles. The van der Waals surface area contributed by atoms with Crippen molar-refractivity contribution in [3.63, 3.8) is 0 Å². The minimum atomic E-state index is -3.61. The number of ether oxygens (including phenoxy) is 1. The van der Waals surface area contributed by atoms with Crippen molar-refractivity contribution in [1.29, 1.82) is 0 Å². The van der Waals surface area contributed by atoms with Crippen LogP contribution in [-0.4, -0.2) is 32.2 Å². The first kappa shape index (κ1) is 10.6. The molecular weight excluding hydrogens is 206 g/mol. The highest BCUT2D eigenvalue weighted by Crippen LogP contribution is 2.08. The smallest absolute Gasteiger partial charge is 0.321 e. The van der Waals surface area contributed by atoms with Gasteiger partial charge in [0.2, 0.25) is 0 Å². The Bertz CT molecular complexity index is 412. The molecule has 0 N–H and O–H groups in total. The average molecular weight is 215 g/mol. The van der Waals surface area contributed by atoms with E-state index < -0.39 is 21.6 Å². The second-order valence-corrected chi connectivity index (χ2v) is 4.51. The molecule has 0 atom stereocenters. The zero-order valence-corrected chi connectivity index (χ0v) is 8.32. The molecule has 0 aliphatic heterocycles. The van der Waals surface area contributed by atoms with Gasteiger partial charge in [-0.2, -0.15) is 0 Å². The lowest BCUT2D eigenvalue weighted by Gasteiger charge is -2.01. The third-order valence-electron chi connectivity index (χ3n) is 1.53. The normalized spacial score (nSPS) is 10.9. The SMILES string of the molecule is COC(=O)CS(=O)(=O)c1cccnc1. The molecule has 0 saturated carbocycles.